The molecular weight excluding hydrogens is 350 g/mol. The molecule has 0 radical (unpaired) electrons. The molecular formula is C16H13NO5S2. The number of esters is 1. The lowest BCUT2D eigenvalue weighted by Crippen LogP contribution is -2.07. The maximum Gasteiger partial charge on any atom is 0.338 e. The number of carbonyl (C=O) groups is 1. The average Bonchev–Trinajstić information content (AvgIpc) is 3.23. The number of oxazole rings is 1. The van der Waals surface area contributed by atoms with Crippen molar-refractivity contribution in [1.29, 1.82) is 0 Å². The first-order valence-electron chi connectivity index (χ1n) is 6.89. The summed E-state index contributed by atoms with van der Waals surface area (Å²) in [6.07, 6.45) is 2.51. The minimum atomic E-state index is -3.38. The van der Waals surface area contributed by atoms with Crippen LogP contribution < -0.4 is 0 Å². The SMILES string of the molecule is CS(=O)(=O)c1cccc(C(=O)OCc2coc(-c3cccs3)n2)c1. The molecule has 8 heteroatoms. The van der Waals surface area contributed by atoms with E-state index in [0.717, 1.165) is 11.1 Å². The maximum atomic E-state index is 12.1. The van der Waals surface area contributed by atoms with Crippen LogP contribution in [0, 0.1) is 0 Å². The molecule has 3 rings (SSSR count). The van der Waals surface area contributed by atoms with Gasteiger partial charge >= 0.3 is 5.97 Å². The number of ether oxygens (including phenoxy) is 1. The normalized spacial score (nSPS) is 11.4. The van der Waals surface area contributed by atoms with Crippen molar-refractivity contribution in [3.63, 3.8) is 0 Å². The highest BCUT2D eigenvalue weighted by atomic mass is 32.2. The molecule has 2 heterocycles. The van der Waals surface area contributed by atoms with Crippen LogP contribution in [0.5, 0.6) is 0 Å². The van der Waals surface area contributed by atoms with Crippen molar-refractivity contribution in [2.45, 2.75) is 11.5 Å². The van der Waals surface area contributed by atoms with Crippen LogP contribution in [-0.2, 0) is 21.2 Å². The zero-order valence-corrected chi connectivity index (χ0v) is 14.3. The van der Waals surface area contributed by atoms with Gasteiger partial charge in [0.25, 0.3) is 0 Å². The van der Waals surface area contributed by atoms with Crippen LogP contribution in [0.3, 0.4) is 0 Å². The molecule has 0 saturated heterocycles. The van der Waals surface area contributed by atoms with Crippen molar-refractivity contribution < 1.29 is 22.4 Å². The van der Waals surface area contributed by atoms with E-state index in [9.17, 15) is 13.2 Å². The van der Waals surface area contributed by atoms with E-state index in [1.807, 2.05) is 17.5 Å². The Morgan fingerprint density at radius 2 is 2.12 bits per heavy atom. The van der Waals surface area contributed by atoms with Crippen LogP contribution in [0.15, 0.2) is 57.4 Å². The summed E-state index contributed by atoms with van der Waals surface area (Å²) < 4.78 is 33.6. The predicted octanol–water partition coefficient (Wildman–Crippen LogP) is 3.16. The molecule has 0 fully saturated rings. The highest BCUT2D eigenvalue weighted by Crippen LogP contribution is 2.24. The third kappa shape index (κ3) is 3.72. The Bertz CT molecular complexity index is 958. The van der Waals surface area contributed by atoms with E-state index in [1.54, 1.807) is 0 Å². The number of carbonyl (C=O) groups excluding carboxylic acids is 1. The number of sulfone groups is 1. The van der Waals surface area contributed by atoms with Crippen LogP contribution in [0.25, 0.3) is 10.8 Å². The second kappa shape index (κ2) is 6.58. The van der Waals surface area contributed by atoms with Gasteiger partial charge in [-0.05, 0) is 29.6 Å². The van der Waals surface area contributed by atoms with Gasteiger partial charge < -0.3 is 9.15 Å². The average molecular weight is 363 g/mol. The highest BCUT2D eigenvalue weighted by Gasteiger charge is 2.14. The van der Waals surface area contributed by atoms with E-state index >= 15 is 0 Å². The molecule has 0 atom stereocenters. The van der Waals surface area contributed by atoms with Crippen LogP contribution in [-0.4, -0.2) is 25.6 Å². The third-order valence-electron chi connectivity index (χ3n) is 3.13. The summed E-state index contributed by atoms with van der Waals surface area (Å²) in [7, 11) is -3.38. The van der Waals surface area contributed by atoms with Crippen LogP contribution in [0.2, 0.25) is 0 Å². The van der Waals surface area contributed by atoms with Gasteiger partial charge in [-0.2, -0.15) is 0 Å². The topological polar surface area (TPSA) is 86.5 Å². The van der Waals surface area contributed by atoms with Crippen LogP contribution in [0.4, 0.5) is 0 Å². The lowest BCUT2D eigenvalue weighted by molar-refractivity contribution is 0.0467. The van der Waals surface area contributed by atoms with Crippen molar-refractivity contribution in [3.05, 3.63) is 59.3 Å². The first-order valence-corrected chi connectivity index (χ1v) is 9.66. The van der Waals surface area contributed by atoms with Crippen LogP contribution >= 0.6 is 11.3 Å². The Morgan fingerprint density at radius 3 is 2.83 bits per heavy atom. The zero-order chi connectivity index (χ0) is 17.2. The number of benzene rings is 1. The molecule has 0 amide bonds. The van der Waals surface area contributed by atoms with Crippen molar-refractivity contribution in [2.75, 3.05) is 6.26 Å². The molecule has 0 N–H and O–H groups in total. The molecule has 0 bridgehead atoms. The molecule has 24 heavy (non-hydrogen) atoms. The summed E-state index contributed by atoms with van der Waals surface area (Å²) in [5.74, 6) is -0.156. The lowest BCUT2D eigenvalue weighted by atomic mass is 10.2. The number of aromatic nitrogens is 1. The lowest BCUT2D eigenvalue weighted by Gasteiger charge is -2.04. The predicted molar refractivity (Wildman–Crippen MR) is 88.5 cm³/mol. The Hall–Kier alpha value is -2.45. The first kappa shape index (κ1) is 16.4. The van der Waals surface area contributed by atoms with Gasteiger partial charge in [0.15, 0.2) is 9.84 Å². The molecule has 0 unspecified atom stereocenters. The Labute approximate surface area is 142 Å². The zero-order valence-electron chi connectivity index (χ0n) is 12.6. The van der Waals surface area contributed by atoms with Crippen molar-refractivity contribution in [2.24, 2.45) is 0 Å². The quantitative estimate of drug-likeness (QED) is 0.647. The maximum absolute atomic E-state index is 12.1. The molecule has 1 aromatic carbocycles. The molecule has 0 aliphatic heterocycles. The van der Waals surface area contributed by atoms with Gasteiger partial charge in [-0.3, -0.25) is 0 Å². The summed E-state index contributed by atoms with van der Waals surface area (Å²) in [5.41, 5.74) is 0.644. The second-order valence-corrected chi connectivity index (χ2v) is 7.96. The fourth-order valence-electron chi connectivity index (χ4n) is 1.96. The van der Waals surface area contributed by atoms with Gasteiger partial charge in [0.05, 0.1) is 15.3 Å². The smallest absolute Gasteiger partial charge is 0.338 e. The third-order valence-corrected chi connectivity index (χ3v) is 5.10. The molecule has 6 nitrogen and oxygen atoms in total. The van der Waals surface area contributed by atoms with Gasteiger partial charge in [-0.1, -0.05) is 12.1 Å². The molecule has 124 valence electrons. The summed E-state index contributed by atoms with van der Waals surface area (Å²) in [4.78, 5) is 17.3. The number of nitrogens with zero attached hydrogens (tertiary/aromatic N) is 1. The standard InChI is InChI=1S/C16H13NO5S2/c1-24(19,20)13-5-2-4-11(8-13)16(18)22-10-12-9-21-15(17-12)14-6-3-7-23-14/h2-9H,10H2,1H3. The van der Waals surface area contributed by atoms with Crippen molar-refractivity contribution >= 4 is 27.1 Å². The number of hydrogen-bond acceptors (Lipinski definition) is 7. The molecule has 2 aromatic heterocycles. The van der Waals surface area contributed by atoms with E-state index < -0.39 is 15.8 Å². The molecule has 3 aromatic rings. The van der Waals surface area contributed by atoms with Gasteiger partial charge in [-0.25, -0.2) is 18.2 Å². The second-order valence-electron chi connectivity index (χ2n) is 5.00. The van der Waals surface area contributed by atoms with Crippen LogP contribution in [0.1, 0.15) is 16.1 Å². The minimum Gasteiger partial charge on any atom is -0.455 e. The highest BCUT2D eigenvalue weighted by molar-refractivity contribution is 7.90. The Kier molecular flexibility index (Phi) is 4.50. The summed E-state index contributed by atoms with van der Waals surface area (Å²) >= 11 is 1.49. The van der Waals surface area contributed by atoms with Gasteiger partial charge in [0, 0.05) is 6.26 Å². The van der Waals surface area contributed by atoms with Gasteiger partial charge in [0.2, 0.25) is 5.89 Å². The van der Waals surface area contributed by atoms with Crippen molar-refractivity contribution in [3.8, 4) is 10.8 Å². The fourth-order valence-corrected chi connectivity index (χ4v) is 3.29. The van der Waals surface area contributed by atoms with E-state index in [4.69, 9.17) is 9.15 Å². The Balaban J connectivity index is 1.68. The minimum absolute atomic E-state index is 0.0587. The summed E-state index contributed by atoms with van der Waals surface area (Å²) in [6, 6.07) is 9.48. The summed E-state index contributed by atoms with van der Waals surface area (Å²) in [5, 5.41) is 1.91. The number of hydrogen-bond donors (Lipinski definition) is 0. The van der Waals surface area contributed by atoms with E-state index in [-0.39, 0.29) is 17.1 Å². The molecule has 0 saturated carbocycles. The largest absolute Gasteiger partial charge is 0.455 e. The number of thiophene rings is 1. The fraction of sp³-hybridized carbons (Fsp3) is 0.125. The van der Waals surface area contributed by atoms with Gasteiger partial charge in [-0.15, -0.1) is 11.3 Å². The number of rotatable bonds is 5. The molecule has 0 aliphatic carbocycles. The van der Waals surface area contributed by atoms with E-state index in [0.29, 0.717) is 11.6 Å². The van der Waals surface area contributed by atoms with Crippen molar-refractivity contribution in [1.82, 2.24) is 4.98 Å². The van der Waals surface area contributed by atoms with E-state index in [1.165, 1.54) is 41.9 Å². The van der Waals surface area contributed by atoms with E-state index in [2.05, 4.69) is 4.98 Å². The monoisotopic (exact) mass is 363 g/mol. The first-order chi connectivity index (χ1) is 11.4. The molecule has 0 spiro atoms. The Morgan fingerprint density at radius 1 is 1.29 bits per heavy atom. The van der Waals surface area contributed by atoms with Gasteiger partial charge in [0.1, 0.15) is 18.6 Å². The summed E-state index contributed by atoms with van der Waals surface area (Å²) in [6.45, 7) is -0.0587. The molecule has 0 aliphatic rings.